The van der Waals surface area contributed by atoms with Crippen LogP contribution in [0.1, 0.15) is 31.9 Å². The molecule has 0 saturated carbocycles. The Labute approximate surface area is 154 Å². The van der Waals surface area contributed by atoms with Crippen molar-refractivity contribution in [3.05, 3.63) is 53.6 Å². The van der Waals surface area contributed by atoms with Crippen molar-refractivity contribution in [2.75, 3.05) is 16.3 Å². The first-order valence-corrected chi connectivity index (χ1v) is 10.1. The van der Waals surface area contributed by atoms with E-state index < -0.39 is 15.4 Å². The highest BCUT2D eigenvalue weighted by molar-refractivity contribution is 7.92. The molecule has 0 aliphatic carbocycles. The molecule has 0 bridgehead atoms. The summed E-state index contributed by atoms with van der Waals surface area (Å²) in [4.78, 5) is 14.3. The fraction of sp³-hybridized carbons (Fsp3) is 0.350. The van der Waals surface area contributed by atoms with Crippen LogP contribution in [0, 0.1) is 0 Å². The Hall–Kier alpha value is -2.34. The van der Waals surface area contributed by atoms with Crippen LogP contribution in [0.3, 0.4) is 0 Å². The summed E-state index contributed by atoms with van der Waals surface area (Å²) in [7, 11) is -1.98. The molecule has 0 N–H and O–H groups in total. The minimum Gasteiger partial charge on any atom is -0.314 e. The molecule has 1 unspecified atom stereocenters. The molecule has 2 aliphatic heterocycles. The van der Waals surface area contributed by atoms with Gasteiger partial charge in [-0.15, -0.1) is 0 Å². The maximum atomic E-state index is 13.4. The van der Waals surface area contributed by atoms with E-state index in [0.29, 0.717) is 6.42 Å². The summed E-state index contributed by atoms with van der Waals surface area (Å²) in [6.07, 6.45) is 0.701. The van der Waals surface area contributed by atoms with Crippen LogP contribution >= 0.6 is 0 Å². The number of carbonyl (C=O) groups excluding carboxylic acids is 1. The number of hydrogen-bond acceptors (Lipinski definition) is 3. The molecule has 0 spiro atoms. The minimum atomic E-state index is -3.70. The van der Waals surface area contributed by atoms with E-state index in [1.807, 2.05) is 45.0 Å². The molecular weight excluding hydrogens is 348 g/mol. The molecule has 136 valence electrons. The van der Waals surface area contributed by atoms with E-state index >= 15 is 0 Å². The third kappa shape index (κ3) is 2.14. The smallest absolute Gasteiger partial charge is 0.264 e. The van der Waals surface area contributed by atoms with Gasteiger partial charge in [-0.1, -0.05) is 18.2 Å². The largest absolute Gasteiger partial charge is 0.314 e. The summed E-state index contributed by atoms with van der Waals surface area (Å²) in [6, 6.07) is 12.5. The molecule has 0 saturated heterocycles. The summed E-state index contributed by atoms with van der Waals surface area (Å²) in [5, 5.41) is 0. The molecule has 0 fully saturated rings. The molecule has 1 atom stereocenters. The maximum absolute atomic E-state index is 13.4. The molecule has 0 radical (unpaired) electrons. The van der Waals surface area contributed by atoms with E-state index in [0.717, 1.165) is 22.5 Å². The second-order valence-corrected chi connectivity index (χ2v) is 9.47. The minimum absolute atomic E-state index is 0.0260. The number of hydrogen-bond donors (Lipinski definition) is 0. The van der Waals surface area contributed by atoms with Gasteiger partial charge < -0.3 is 4.90 Å². The van der Waals surface area contributed by atoms with Crippen LogP contribution in [0.25, 0.3) is 0 Å². The van der Waals surface area contributed by atoms with Crippen molar-refractivity contribution in [2.45, 2.75) is 43.5 Å². The number of para-hydroxylation sites is 1. The highest BCUT2D eigenvalue weighted by atomic mass is 32.2. The van der Waals surface area contributed by atoms with Crippen LogP contribution in [0.15, 0.2) is 47.4 Å². The lowest BCUT2D eigenvalue weighted by atomic mass is 9.86. The average molecular weight is 370 g/mol. The molecule has 1 amide bonds. The number of benzene rings is 2. The van der Waals surface area contributed by atoms with Gasteiger partial charge in [-0.25, -0.2) is 8.42 Å². The Morgan fingerprint density at radius 1 is 1.08 bits per heavy atom. The van der Waals surface area contributed by atoms with E-state index in [1.165, 1.54) is 4.31 Å². The normalized spacial score (nSPS) is 21.1. The topological polar surface area (TPSA) is 57.7 Å². The van der Waals surface area contributed by atoms with Gasteiger partial charge in [-0.2, -0.15) is 0 Å². The van der Waals surface area contributed by atoms with Gasteiger partial charge in [-0.3, -0.25) is 9.10 Å². The number of amides is 1. The van der Waals surface area contributed by atoms with E-state index in [9.17, 15) is 13.2 Å². The number of rotatable bonds is 2. The van der Waals surface area contributed by atoms with E-state index in [1.54, 1.807) is 30.1 Å². The molecule has 2 aromatic rings. The van der Waals surface area contributed by atoms with Crippen LogP contribution < -0.4 is 9.21 Å². The zero-order valence-corrected chi connectivity index (χ0v) is 16.2. The first-order chi connectivity index (χ1) is 12.2. The molecule has 2 aromatic carbocycles. The second-order valence-electron chi connectivity index (χ2n) is 7.65. The Kier molecular flexibility index (Phi) is 3.50. The van der Waals surface area contributed by atoms with Crippen molar-refractivity contribution in [2.24, 2.45) is 0 Å². The lowest BCUT2D eigenvalue weighted by Gasteiger charge is -2.25. The van der Waals surface area contributed by atoms with E-state index in [-0.39, 0.29) is 16.8 Å². The van der Waals surface area contributed by atoms with Gasteiger partial charge >= 0.3 is 0 Å². The van der Waals surface area contributed by atoms with Crippen molar-refractivity contribution in [1.29, 1.82) is 0 Å². The number of nitrogens with zero attached hydrogens (tertiary/aromatic N) is 2. The zero-order chi connectivity index (χ0) is 18.9. The molecule has 4 rings (SSSR count). The highest BCUT2D eigenvalue weighted by Crippen LogP contribution is 2.43. The first kappa shape index (κ1) is 17.1. The quantitative estimate of drug-likeness (QED) is 0.816. The standard InChI is InChI=1S/C20H22N2O3S/c1-13-11-14-7-5-6-8-17(14)22(13)26(24,25)15-9-10-18-16(12-15)20(2,3)19(23)21(18)4/h5-10,12-13H,11H2,1-4H3. The molecule has 5 nitrogen and oxygen atoms in total. The van der Waals surface area contributed by atoms with Gasteiger partial charge in [0.2, 0.25) is 5.91 Å². The summed E-state index contributed by atoms with van der Waals surface area (Å²) in [6.45, 7) is 5.59. The average Bonchev–Trinajstić information content (AvgIpc) is 3.03. The van der Waals surface area contributed by atoms with Crippen LogP contribution in [-0.2, 0) is 26.7 Å². The van der Waals surface area contributed by atoms with Gasteiger partial charge in [-0.05, 0) is 62.6 Å². The van der Waals surface area contributed by atoms with Gasteiger partial charge in [0.1, 0.15) is 0 Å². The SMILES string of the molecule is CC1Cc2ccccc2N1S(=O)(=O)c1ccc2c(c1)C(C)(C)C(=O)N2C. The third-order valence-electron chi connectivity index (χ3n) is 5.54. The highest BCUT2D eigenvalue weighted by Gasteiger charge is 2.44. The van der Waals surface area contributed by atoms with Crippen molar-refractivity contribution in [3.63, 3.8) is 0 Å². The predicted molar refractivity (Wildman–Crippen MR) is 102 cm³/mol. The maximum Gasteiger partial charge on any atom is 0.264 e. The predicted octanol–water partition coefficient (Wildman–Crippen LogP) is 3.08. The Morgan fingerprint density at radius 3 is 2.50 bits per heavy atom. The summed E-state index contributed by atoms with van der Waals surface area (Å²) in [5.41, 5.74) is 2.58. The first-order valence-electron chi connectivity index (χ1n) is 8.70. The molecule has 26 heavy (non-hydrogen) atoms. The Morgan fingerprint density at radius 2 is 1.77 bits per heavy atom. The van der Waals surface area contributed by atoms with Crippen molar-refractivity contribution >= 4 is 27.3 Å². The molecule has 2 aliphatic rings. The fourth-order valence-corrected chi connectivity index (χ4v) is 5.85. The van der Waals surface area contributed by atoms with Crippen LogP contribution in [0.5, 0.6) is 0 Å². The summed E-state index contributed by atoms with van der Waals surface area (Å²) >= 11 is 0. The van der Waals surface area contributed by atoms with Crippen molar-refractivity contribution in [1.82, 2.24) is 0 Å². The van der Waals surface area contributed by atoms with Crippen LogP contribution in [-0.4, -0.2) is 27.4 Å². The number of likely N-dealkylation sites (N-methyl/N-ethyl adjacent to an activating group) is 1. The molecule has 6 heteroatoms. The van der Waals surface area contributed by atoms with Gasteiger partial charge in [0.15, 0.2) is 0 Å². The Bertz CT molecular complexity index is 1030. The fourth-order valence-electron chi connectivity index (χ4n) is 4.13. The number of sulfonamides is 1. The van der Waals surface area contributed by atoms with Crippen LogP contribution in [0.4, 0.5) is 11.4 Å². The molecule has 2 heterocycles. The Balaban J connectivity index is 1.85. The van der Waals surface area contributed by atoms with Crippen molar-refractivity contribution in [3.8, 4) is 0 Å². The van der Waals surface area contributed by atoms with Gasteiger partial charge in [0, 0.05) is 18.8 Å². The van der Waals surface area contributed by atoms with Gasteiger partial charge in [0.05, 0.1) is 16.0 Å². The second kappa shape index (κ2) is 5.33. The molecule has 0 aromatic heterocycles. The number of carbonyl (C=O) groups is 1. The monoisotopic (exact) mass is 370 g/mol. The summed E-state index contributed by atoms with van der Waals surface area (Å²) < 4.78 is 28.3. The van der Waals surface area contributed by atoms with Crippen LogP contribution in [0.2, 0.25) is 0 Å². The van der Waals surface area contributed by atoms with E-state index in [4.69, 9.17) is 0 Å². The third-order valence-corrected chi connectivity index (χ3v) is 7.47. The number of anilines is 2. The lowest BCUT2D eigenvalue weighted by Crippen LogP contribution is -2.36. The van der Waals surface area contributed by atoms with E-state index in [2.05, 4.69) is 0 Å². The summed E-state index contributed by atoms with van der Waals surface area (Å²) in [5.74, 6) is -0.0260. The number of fused-ring (bicyclic) bond motifs is 2. The van der Waals surface area contributed by atoms with Crippen molar-refractivity contribution < 1.29 is 13.2 Å². The van der Waals surface area contributed by atoms with Gasteiger partial charge in [0.25, 0.3) is 10.0 Å². The molecular formula is C20H22N2O3S. The lowest BCUT2D eigenvalue weighted by molar-refractivity contribution is -0.121. The zero-order valence-electron chi connectivity index (χ0n) is 15.4.